The lowest BCUT2D eigenvalue weighted by atomic mass is 10.1. The predicted octanol–water partition coefficient (Wildman–Crippen LogP) is 4.75. The van der Waals surface area contributed by atoms with Crippen molar-refractivity contribution in [3.63, 3.8) is 0 Å². The van der Waals surface area contributed by atoms with E-state index in [-0.39, 0.29) is 17.7 Å². The van der Waals surface area contributed by atoms with Crippen molar-refractivity contribution in [2.75, 3.05) is 0 Å². The maximum atomic E-state index is 12.3. The second-order valence-corrected chi connectivity index (χ2v) is 5.74. The summed E-state index contributed by atoms with van der Waals surface area (Å²) in [6.45, 7) is -1.09. The number of carbonyl (C=O) groups is 1. The third-order valence-electron chi connectivity index (χ3n) is 3.54. The first-order valence-electron chi connectivity index (χ1n) is 7.53. The van der Waals surface area contributed by atoms with Crippen LogP contribution in [0.15, 0.2) is 48.5 Å². The Morgan fingerprint density at radius 2 is 1.96 bits per heavy atom. The van der Waals surface area contributed by atoms with Gasteiger partial charge in [0.25, 0.3) is 0 Å². The first kappa shape index (κ1) is 18.2. The average molecular weight is 354 g/mol. The summed E-state index contributed by atoms with van der Waals surface area (Å²) < 4.78 is 28.9. The van der Waals surface area contributed by atoms with E-state index < -0.39 is 6.61 Å². The standard InChI is InChI=1S/C18H18ClF2NO2/c1-12(14-6-4-7-15(11-14)24-18(20)21)22-17(23)10-9-13-5-2-3-8-16(13)19/h2-8,11-12,18H,9-10H2,1H3,(H,22,23). The second kappa shape index (κ2) is 8.64. The van der Waals surface area contributed by atoms with E-state index >= 15 is 0 Å². The second-order valence-electron chi connectivity index (χ2n) is 5.33. The van der Waals surface area contributed by atoms with Gasteiger partial charge in [-0.2, -0.15) is 8.78 Å². The van der Waals surface area contributed by atoms with E-state index in [1.54, 1.807) is 25.1 Å². The van der Waals surface area contributed by atoms with Crippen molar-refractivity contribution in [1.29, 1.82) is 0 Å². The van der Waals surface area contributed by atoms with Crippen molar-refractivity contribution in [2.24, 2.45) is 0 Å². The van der Waals surface area contributed by atoms with E-state index in [1.165, 1.54) is 12.1 Å². The number of hydrogen-bond acceptors (Lipinski definition) is 2. The van der Waals surface area contributed by atoms with Crippen molar-refractivity contribution < 1.29 is 18.3 Å². The Bertz CT molecular complexity index is 694. The molecule has 0 saturated carbocycles. The van der Waals surface area contributed by atoms with Crippen LogP contribution in [0.5, 0.6) is 5.75 Å². The van der Waals surface area contributed by atoms with Gasteiger partial charge in [-0.15, -0.1) is 0 Å². The van der Waals surface area contributed by atoms with E-state index in [0.29, 0.717) is 23.4 Å². The molecule has 0 aromatic heterocycles. The first-order chi connectivity index (χ1) is 11.5. The molecule has 1 unspecified atom stereocenters. The summed E-state index contributed by atoms with van der Waals surface area (Å²) in [4.78, 5) is 12.1. The van der Waals surface area contributed by atoms with Crippen LogP contribution in [0.25, 0.3) is 0 Å². The van der Waals surface area contributed by atoms with Crippen LogP contribution >= 0.6 is 11.6 Å². The topological polar surface area (TPSA) is 38.3 Å². The van der Waals surface area contributed by atoms with Crippen LogP contribution in [-0.4, -0.2) is 12.5 Å². The average Bonchev–Trinajstić information content (AvgIpc) is 2.53. The third kappa shape index (κ3) is 5.49. The van der Waals surface area contributed by atoms with Crippen LogP contribution in [0.3, 0.4) is 0 Å². The van der Waals surface area contributed by atoms with Gasteiger partial charge in [-0.1, -0.05) is 41.9 Å². The van der Waals surface area contributed by atoms with Crippen molar-refractivity contribution in [3.8, 4) is 5.75 Å². The highest BCUT2D eigenvalue weighted by Crippen LogP contribution is 2.21. The number of benzene rings is 2. The fraction of sp³-hybridized carbons (Fsp3) is 0.278. The fourth-order valence-electron chi connectivity index (χ4n) is 2.31. The monoisotopic (exact) mass is 353 g/mol. The molecule has 128 valence electrons. The SMILES string of the molecule is CC(NC(=O)CCc1ccccc1Cl)c1cccc(OC(F)F)c1. The normalized spacial score (nSPS) is 12.0. The molecule has 2 aromatic rings. The number of halogens is 3. The van der Waals surface area contributed by atoms with E-state index in [4.69, 9.17) is 11.6 Å². The molecule has 0 aliphatic rings. The molecule has 0 heterocycles. The molecule has 0 spiro atoms. The van der Waals surface area contributed by atoms with Gasteiger partial charge >= 0.3 is 6.61 Å². The minimum absolute atomic E-state index is 0.0691. The lowest BCUT2D eigenvalue weighted by Crippen LogP contribution is -2.26. The zero-order valence-electron chi connectivity index (χ0n) is 13.1. The molecule has 2 rings (SSSR count). The van der Waals surface area contributed by atoms with Gasteiger partial charge in [0, 0.05) is 11.4 Å². The molecular formula is C18H18ClF2NO2. The zero-order chi connectivity index (χ0) is 17.5. The summed E-state index contributed by atoms with van der Waals surface area (Å²) in [5.41, 5.74) is 1.61. The van der Waals surface area contributed by atoms with Crippen molar-refractivity contribution in [2.45, 2.75) is 32.4 Å². The van der Waals surface area contributed by atoms with Crippen LogP contribution in [0.2, 0.25) is 5.02 Å². The van der Waals surface area contributed by atoms with Crippen LogP contribution < -0.4 is 10.1 Å². The zero-order valence-corrected chi connectivity index (χ0v) is 13.9. The van der Waals surface area contributed by atoms with Gasteiger partial charge in [-0.3, -0.25) is 4.79 Å². The van der Waals surface area contributed by atoms with Gasteiger partial charge in [0.15, 0.2) is 0 Å². The van der Waals surface area contributed by atoms with E-state index in [1.807, 2.05) is 18.2 Å². The lowest BCUT2D eigenvalue weighted by molar-refractivity contribution is -0.121. The number of hydrogen-bond donors (Lipinski definition) is 1. The van der Waals surface area contributed by atoms with Crippen LogP contribution in [0.4, 0.5) is 8.78 Å². The molecule has 0 saturated heterocycles. The molecule has 24 heavy (non-hydrogen) atoms. The van der Waals surface area contributed by atoms with Gasteiger partial charge in [0.1, 0.15) is 5.75 Å². The van der Waals surface area contributed by atoms with Gasteiger partial charge in [-0.25, -0.2) is 0 Å². The molecule has 0 fully saturated rings. The molecule has 6 heteroatoms. The number of ether oxygens (including phenoxy) is 1. The number of amides is 1. The van der Waals surface area contributed by atoms with E-state index in [0.717, 1.165) is 5.56 Å². The highest BCUT2D eigenvalue weighted by molar-refractivity contribution is 6.31. The van der Waals surface area contributed by atoms with Crippen molar-refractivity contribution in [3.05, 3.63) is 64.7 Å². The number of nitrogens with one attached hydrogen (secondary N) is 1. The summed E-state index contributed by atoms with van der Waals surface area (Å²) in [6, 6.07) is 13.4. The predicted molar refractivity (Wildman–Crippen MR) is 89.4 cm³/mol. The van der Waals surface area contributed by atoms with Gasteiger partial charge in [0.2, 0.25) is 5.91 Å². The molecule has 3 nitrogen and oxygen atoms in total. The molecule has 0 aliphatic carbocycles. The highest BCUT2D eigenvalue weighted by Gasteiger charge is 2.12. The van der Waals surface area contributed by atoms with Crippen molar-refractivity contribution in [1.82, 2.24) is 5.32 Å². The Balaban J connectivity index is 1.90. The Morgan fingerprint density at radius 3 is 2.67 bits per heavy atom. The third-order valence-corrected chi connectivity index (χ3v) is 3.91. The summed E-state index contributed by atoms with van der Waals surface area (Å²) >= 11 is 6.06. The Kier molecular flexibility index (Phi) is 6.55. The molecule has 1 amide bonds. The molecule has 1 atom stereocenters. The van der Waals surface area contributed by atoms with Gasteiger partial charge in [0.05, 0.1) is 6.04 Å². The summed E-state index contributed by atoms with van der Waals surface area (Å²) in [6.07, 6.45) is 0.827. The summed E-state index contributed by atoms with van der Waals surface area (Å²) in [5, 5.41) is 3.48. The highest BCUT2D eigenvalue weighted by atomic mass is 35.5. The number of aryl methyl sites for hydroxylation is 1. The number of carbonyl (C=O) groups excluding carboxylic acids is 1. The Hall–Kier alpha value is -2.14. The smallest absolute Gasteiger partial charge is 0.387 e. The first-order valence-corrected chi connectivity index (χ1v) is 7.91. The Labute approximate surface area is 144 Å². The molecule has 0 aliphatic heterocycles. The van der Waals surface area contributed by atoms with Gasteiger partial charge in [-0.05, 0) is 42.7 Å². The number of alkyl halides is 2. The maximum absolute atomic E-state index is 12.3. The maximum Gasteiger partial charge on any atom is 0.387 e. The van der Waals surface area contributed by atoms with Crippen LogP contribution in [0, 0.1) is 0 Å². The Morgan fingerprint density at radius 1 is 1.21 bits per heavy atom. The van der Waals surface area contributed by atoms with Crippen LogP contribution in [0.1, 0.15) is 30.5 Å². The largest absolute Gasteiger partial charge is 0.435 e. The van der Waals surface area contributed by atoms with E-state index in [2.05, 4.69) is 10.1 Å². The van der Waals surface area contributed by atoms with Crippen molar-refractivity contribution >= 4 is 17.5 Å². The summed E-state index contributed by atoms with van der Waals surface area (Å²) in [7, 11) is 0. The number of rotatable bonds is 7. The van der Waals surface area contributed by atoms with Crippen LogP contribution in [-0.2, 0) is 11.2 Å². The van der Waals surface area contributed by atoms with Gasteiger partial charge < -0.3 is 10.1 Å². The van der Waals surface area contributed by atoms with E-state index in [9.17, 15) is 13.6 Å². The molecule has 2 aromatic carbocycles. The molecular weight excluding hydrogens is 336 g/mol. The fourth-order valence-corrected chi connectivity index (χ4v) is 2.54. The molecule has 0 radical (unpaired) electrons. The molecule has 1 N–H and O–H groups in total. The quantitative estimate of drug-likeness (QED) is 0.780. The summed E-state index contributed by atoms with van der Waals surface area (Å²) in [5.74, 6) is -0.0673. The minimum atomic E-state index is -2.87. The lowest BCUT2D eigenvalue weighted by Gasteiger charge is -2.15. The minimum Gasteiger partial charge on any atom is -0.435 e. The molecule has 0 bridgehead atoms.